The first-order chi connectivity index (χ1) is 6.00. The predicted molar refractivity (Wildman–Crippen MR) is 54.9 cm³/mol. The maximum absolute atomic E-state index is 2.39. The summed E-state index contributed by atoms with van der Waals surface area (Å²) in [5.41, 5.74) is 0. The van der Waals surface area contributed by atoms with Gasteiger partial charge in [-0.2, -0.15) is 0 Å². The van der Waals surface area contributed by atoms with E-state index in [1.165, 1.54) is 64.7 Å². The van der Waals surface area contributed by atoms with Crippen molar-refractivity contribution in [1.29, 1.82) is 0 Å². The molecule has 0 spiro atoms. The third-order valence-electron chi connectivity index (χ3n) is 2.63. The van der Waals surface area contributed by atoms with Crippen molar-refractivity contribution in [3.63, 3.8) is 0 Å². The molecule has 0 radical (unpaired) electrons. The molecule has 2 heterocycles. The molecule has 0 unspecified atom stereocenters. The van der Waals surface area contributed by atoms with E-state index in [0.717, 1.165) is 0 Å². The number of nitrogens with two attached hydrogens (primary N) is 2. The van der Waals surface area contributed by atoms with E-state index in [-0.39, 0.29) is 11.0 Å². The van der Waals surface area contributed by atoms with Gasteiger partial charge >= 0.3 is 0 Å². The topological polar surface area (TPSA) is 93.2 Å². The number of piperidine rings is 2. The number of hydrogen-bond acceptors (Lipinski definition) is 2. The van der Waals surface area contributed by atoms with Crippen LogP contribution in [0.2, 0.25) is 0 Å². The Bertz CT molecular complexity index is 59.1. The minimum Gasteiger partial charge on any atom is -0.870 e. The summed E-state index contributed by atoms with van der Waals surface area (Å²) in [5.74, 6) is 0. The van der Waals surface area contributed by atoms with E-state index in [0.29, 0.717) is 0 Å². The zero-order valence-corrected chi connectivity index (χ0v) is 9.12. The molecule has 0 aromatic carbocycles. The van der Waals surface area contributed by atoms with Gasteiger partial charge in [-0.05, 0) is 38.5 Å². The highest BCUT2D eigenvalue weighted by atomic mass is 16.0. The highest BCUT2D eigenvalue weighted by molar-refractivity contribution is 4.41. The smallest absolute Gasteiger partial charge is 0.0755 e. The van der Waals surface area contributed by atoms with Crippen LogP contribution < -0.4 is 10.6 Å². The van der Waals surface area contributed by atoms with Gasteiger partial charge in [-0.1, -0.05) is 0 Å². The van der Waals surface area contributed by atoms with Gasteiger partial charge in [-0.25, -0.2) is 0 Å². The molecule has 14 heavy (non-hydrogen) atoms. The van der Waals surface area contributed by atoms with Crippen LogP contribution in [0.25, 0.3) is 0 Å². The summed E-state index contributed by atoms with van der Waals surface area (Å²) in [6.45, 7) is 5.50. The average molecular weight is 206 g/mol. The molecule has 88 valence electrons. The van der Waals surface area contributed by atoms with Gasteiger partial charge in [-0.15, -0.1) is 0 Å². The van der Waals surface area contributed by atoms with Crippen LogP contribution in [-0.4, -0.2) is 37.1 Å². The first-order valence-electron chi connectivity index (χ1n) is 5.63. The Morgan fingerprint density at radius 2 is 0.714 bits per heavy atom. The molecule has 4 heteroatoms. The lowest BCUT2D eigenvalue weighted by molar-refractivity contribution is -0.662. The van der Waals surface area contributed by atoms with Crippen LogP contribution in [0.4, 0.5) is 0 Å². The molecule has 2 aliphatic heterocycles. The lowest BCUT2D eigenvalue weighted by Gasteiger charge is -2.05. The first-order valence-corrected chi connectivity index (χ1v) is 5.63. The summed E-state index contributed by atoms with van der Waals surface area (Å²) in [7, 11) is 0. The van der Waals surface area contributed by atoms with Crippen molar-refractivity contribution < 1.29 is 21.6 Å². The molecule has 0 aromatic heterocycles. The molecule has 0 bridgehead atoms. The van der Waals surface area contributed by atoms with Crippen molar-refractivity contribution in [3.8, 4) is 0 Å². The highest BCUT2D eigenvalue weighted by Crippen LogP contribution is 1.91. The third kappa shape index (κ3) is 9.92. The van der Waals surface area contributed by atoms with E-state index in [2.05, 4.69) is 10.6 Å². The Hall–Kier alpha value is -0.160. The van der Waals surface area contributed by atoms with Crippen LogP contribution >= 0.6 is 0 Å². The van der Waals surface area contributed by atoms with Crippen molar-refractivity contribution in [2.75, 3.05) is 26.2 Å². The van der Waals surface area contributed by atoms with Gasteiger partial charge < -0.3 is 21.6 Å². The summed E-state index contributed by atoms with van der Waals surface area (Å²) >= 11 is 0. The number of quaternary nitrogens is 2. The maximum Gasteiger partial charge on any atom is 0.0755 e. The molecule has 4 nitrogen and oxygen atoms in total. The summed E-state index contributed by atoms with van der Waals surface area (Å²) < 4.78 is 0. The summed E-state index contributed by atoms with van der Waals surface area (Å²) in [5, 5.41) is 4.78. The van der Waals surface area contributed by atoms with Crippen LogP contribution in [0.3, 0.4) is 0 Å². The lowest BCUT2D eigenvalue weighted by atomic mass is 10.2. The quantitative estimate of drug-likeness (QED) is 0.538. The minimum atomic E-state index is 0. The zero-order valence-electron chi connectivity index (χ0n) is 9.12. The maximum atomic E-state index is 2.39. The Balaban J connectivity index is 0. The zero-order chi connectivity index (χ0) is 8.49. The van der Waals surface area contributed by atoms with E-state index in [9.17, 15) is 0 Å². The molecule has 2 aliphatic rings. The van der Waals surface area contributed by atoms with Crippen molar-refractivity contribution in [1.82, 2.24) is 0 Å². The van der Waals surface area contributed by atoms with Crippen molar-refractivity contribution in [3.05, 3.63) is 0 Å². The van der Waals surface area contributed by atoms with Gasteiger partial charge in [0, 0.05) is 0 Å². The fraction of sp³-hybridized carbons (Fsp3) is 1.00. The minimum absolute atomic E-state index is 0. The Labute approximate surface area is 87.1 Å². The molecular formula is C10H26N2O2. The standard InChI is InChI=1S/2C5H11N.2H2O/c2*1-2-4-6-5-3-1;;/h2*6H,1-5H2;2*1H2. The van der Waals surface area contributed by atoms with Crippen LogP contribution in [-0.2, 0) is 0 Å². The van der Waals surface area contributed by atoms with Gasteiger partial charge in [0.05, 0.1) is 26.2 Å². The summed E-state index contributed by atoms with van der Waals surface area (Å²) in [6, 6.07) is 0. The second-order valence-corrected chi connectivity index (χ2v) is 3.85. The average Bonchev–Trinajstić information content (AvgIpc) is 2.24. The van der Waals surface area contributed by atoms with Gasteiger partial charge in [0.15, 0.2) is 0 Å². The van der Waals surface area contributed by atoms with Crippen LogP contribution in [0.15, 0.2) is 0 Å². The van der Waals surface area contributed by atoms with Crippen molar-refractivity contribution in [2.45, 2.75) is 38.5 Å². The van der Waals surface area contributed by atoms with Crippen LogP contribution in [0.1, 0.15) is 38.5 Å². The number of hydrogen-bond donors (Lipinski definition) is 2. The molecule has 2 saturated heterocycles. The van der Waals surface area contributed by atoms with Crippen molar-refractivity contribution in [2.24, 2.45) is 0 Å². The Morgan fingerprint density at radius 3 is 0.786 bits per heavy atom. The first kappa shape index (κ1) is 16.3. The molecule has 0 aromatic rings. The Morgan fingerprint density at radius 1 is 0.429 bits per heavy atom. The van der Waals surface area contributed by atoms with E-state index < -0.39 is 0 Å². The largest absolute Gasteiger partial charge is 0.870 e. The van der Waals surface area contributed by atoms with Crippen molar-refractivity contribution >= 4 is 0 Å². The second-order valence-electron chi connectivity index (χ2n) is 3.85. The van der Waals surface area contributed by atoms with Gasteiger partial charge in [0.1, 0.15) is 0 Å². The van der Waals surface area contributed by atoms with E-state index in [1.54, 1.807) is 0 Å². The summed E-state index contributed by atoms with van der Waals surface area (Å²) in [4.78, 5) is 0. The fourth-order valence-electron chi connectivity index (χ4n) is 1.80. The van der Waals surface area contributed by atoms with Crippen LogP contribution in [0.5, 0.6) is 0 Å². The van der Waals surface area contributed by atoms with Gasteiger partial charge in [0.25, 0.3) is 0 Å². The van der Waals surface area contributed by atoms with Gasteiger partial charge in [0.2, 0.25) is 0 Å². The molecule has 0 saturated carbocycles. The van der Waals surface area contributed by atoms with E-state index in [1.807, 2.05) is 0 Å². The normalized spacial score (nSPS) is 20.6. The molecule has 2 fully saturated rings. The third-order valence-corrected chi connectivity index (χ3v) is 2.63. The second kappa shape index (κ2) is 12.8. The monoisotopic (exact) mass is 206 g/mol. The van der Waals surface area contributed by atoms with E-state index >= 15 is 0 Å². The molecular weight excluding hydrogens is 180 g/mol. The molecule has 0 aliphatic carbocycles. The SMILES string of the molecule is C1CC[NH2+]CC1.C1CC[NH2+]CC1.[OH-].[OH-]. The number of rotatable bonds is 0. The Kier molecular flexibility index (Phi) is 14.9. The predicted octanol–water partition coefficient (Wildman–Crippen LogP) is -0.886. The molecule has 6 N–H and O–H groups in total. The fourth-order valence-corrected chi connectivity index (χ4v) is 1.80. The highest BCUT2D eigenvalue weighted by Gasteiger charge is 1.98. The van der Waals surface area contributed by atoms with Crippen LogP contribution in [0, 0.1) is 0 Å². The van der Waals surface area contributed by atoms with Gasteiger partial charge in [-0.3, -0.25) is 0 Å². The molecule has 0 atom stereocenters. The lowest BCUT2D eigenvalue weighted by Crippen LogP contribution is -2.85. The van der Waals surface area contributed by atoms with E-state index in [4.69, 9.17) is 0 Å². The molecule has 2 rings (SSSR count). The summed E-state index contributed by atoms with van der Waals surface area (Å²) in [6.07, 6.45) is 8.72. The molecule has 0 amide bonds.